The van der Waals surface area contributed by atoms with Gasteiger partial charge in [-0.1, -0.05) is 17.7 Å². The molecule has 0 aliphatic heterocycles. The molecule has 2 aromatic carbocycles. The maximum absolute atomic E-state index is 13.5. The average Bonchev–Trinajstić information content (AvgIpc) is 2.32. The van der Waals surface area contributed by atoms with Crippen molar-refractivity contribution in [3.63, 3.8) is 0 Å². The van der Waals surface area contributed by atoms with E-state index in [9.17, 15) is 8.78 Å². The Morgan fingerprint density at radius 1 is 1.06 bits per heavy atom. The maximum Gasteiger partial charge on any atom is 0.147 e. The van der Waals surface area contributed by atoms with Gasteiger partial charge in [-0.15, -0.1) is 0 Å². The van der Waals surface area contributed by atoms with Crippen molar-refractivity contribution < 1.29 is 8.78 Å². The van der Waals surface area contributed by atoms with Gasteiger partial charge in [0.2, 0.25) is 0 Å². The first-order valence-electron chi connectivity index (χ1n) is 5.19. The van der Waals surface area contributed by atoms with Gasteiger partial charge in [0.15, 0.2) is 0 Å². The van der Waals surface area contributed by atoms with Gasteiger partial charge in [0.05, 0.1) is 10.2 Å². The minimum atomic E-state index is -0.430. The molecule has 2 rings (SSSR count). The molecule has 2 aromatic rings. The van der Waals surface area contributed by atoms with Gasteiger partial charge < -0.3 is 5.32 Å². The lowest BCUT2D eigenvalue weighted by atomic mass is 10.2. The van der Waals surface area contributed by atoms with Gasteiger partial charge in [0.1, 0.15) is 11.6 Å². The van der Waals surface area contributed by atoms with E-state index in [0.29, 0.717) is 21.7 Å². The van der Waals surface area contributed by atoms with Crippen LogP contribution in [0.15, 0.2) is 40.9 Å². The van der Waals surface area contributed by atoms with Crippen LogP contribution >= 0.6 is 27.5 Å². The third-order valence-corrected chi connectivity index (χ3v) is 3.28. The maximum atomic E-state index is 13.5. The van der Waals surface area contributed by atoms with E-state index in [4.69, 9.17) is 11.6 Å². The van der Waals surface area contributed by atoms with Crippen molar-refractivity contribution in [2.24, 2.45) is 0 Å². The van der Waals surface area contributed by atoms with Crippen molar-refractivity contribution >= 4 is 33.2 Å². The standard InChI is InChI=1S/C13H9BrClF2N/c14-10-3-1-8(5-11(10)16)7-18-13-4-2-9(15)6-12(13)17/h1-6,18H,7H2. The highest BCUT2D eigenvalue weighted by Crippen LogP contribution is 2.21. The Labute approximate surface area is 117 Å². The molecule has 0 saturated heterocycles. The van der Waals surface area contributed by atoms with Gasteiger partial charge in [-0.05, 0) is 51.8 Å². The molecule has 0 aliphatic carbocycles. The second kappa shape index (κ2) is 5.67. The van der Waals surface area contributed by atoms with Crippen LogP contribution in [0, 0.1) is 11.6 Å². The molecule has 18 heavy (non-hydrogen) atoms. The molecule has 0 fully saturated rings. The van der Waals surface area contributed by atoms with E-state index in [1.807, 2.05) is 0 Å². The molecular weight excluding hydrogens is 324 g/mol. The van der Waals surface area contributed by atoms with E-state index >= 15 is 0 Å². The summed E-state index contributed by atoms with van der Waals surface area (Å²) in [6.07, 6.45) is 0. The lowest BCUT2D eigenvalue weighted by Crippen LogP contribution is -2.01. The lowest BCUT2D eigenvalue weighted by molar-refractivity contribution is 0.618. The number of nitrogens with one attached hydrogen (secondary N) is 1. The van der Waals surface area contributed by atoms with Gasteiger partial charge in [-0.25, -0.2) is 8.78 Å². The molecule has 0 aromatic heterocycles. The normalized spacial score (nSPS) is 10.4. The van der Waals surface area contributed by atoms with Crippen LogP contribution in [0.25, 0.3) is 0 Å². The number of anilines is 1. The largest absolute Gasteiger partial charge is 0.379 e. The number of benzene rings is 2. The molecule has 0 aliphatic rings. The van der Waals surface area contributed by atoms with Gasteiger partial charge in [0, 0.05) is 11.6 Å². The summed E-state index contributed by atoms with van der Waals surface area (Å²) in [4.78, 5) is 0. The van der Waals surface area contributed by atoms with Crippen molar-refractivity contribution in [3.05, 3.63) is 63.1 Å². The number of rotatable bonds is 3. The van der Waals surface area contributed by atoms with E-state index < -0.39 is 5.82 Å². The van der Waals surface area contributed by atoms with E-state index in [2.05, 4.69) is 21.2 Å². The summed E-state index contributed by atoms with van der Waals surface area (Å²) in [5.74, 6) is -0.772. The fourth-order valence-corrected chi connectivity index (χ4v) is 1.89. The molecule has 0 heterocycles. The molecule has 1 nitrogen and oxygen atoms in total. The third-order valence-electron chi connectivity index (χ3n) is 2.40. The quantitative estimate of drug-likeness (QED) is 0.834. The van der Waals surface area contributed by atoms with E-state index in [1.54, 1.807) is 24.3 Å². The summed E-state index contributed by atoms with van der Waals surface area (Å²) in [6, 6.07) is 9.14. The van der Waals surface area contributed by atoms with Crippen LogP contribution in [-0.4, -0.2) is 0 Å². The Morgan fingerprint density at radius 3 is 2.50 bits per heavy atom. The molecule has 0 radical (unpaired) electrons. The van der Waals surface area contributed by atoms with Crippen LogP contribution < -0.4 is 5.32 Å². The first-order chi connectivity index (χ1) is 8.56. The van der Waals surface area contributed by atoms with Gasteiger partial charge in [-0.2, -0.15) is 0 Å². The van der Waals surface area contributed by atoms with E-state index in [0.717, 1.165) is 5.56 Å². The van der Waals surface area contributed by atoms with Crippen LogP contribution in [0.5, 0.6) is 0 Å². The van der Waals surface area contributed by atoms with Crippen molar-refractivity contribution in [1.82, 2.24) is 0 Å². The van der Waals surface area contributed by atoms with Crippen molar-refractivity contribution in [1.29, 1.82) is 0 Å². The fraction of sp³-hybridized carbons (Fsp3) is 0.0769. The lowest BCUT2D eigenvalue weighted by Gasteiger charge is -2.08. The molecule has 94 valence electrons. The highest BCUT2D eigenvalue weighted by atomic mass is 79.9. The average molecular weight is 333 g/mol. The summed E-state index contributed by atoms with van der Waals surface area (Å²) in [5, 5.41) is 3.23. The first-order valence-corrected chi connectivity index (χ1v) is 6.36. The number of halogens is 4. The zero-order valence-corrected chi connectivity index (χ0v) is 11.5. The summed E-state index contributed by atoms with van der Waals surface area (Å²) < 4.78 is 27.1. The SMILES string of the molecule is Fc1cc(CNc2ccc(Cl)cc2F)ccc1Br. The number of hydrogen-bond donors (Lipinski definition) is 1. The predicted molar refractivity (Wildman–Crippen MR) is 72.8 cm³/mol. The number of hydrogen-bond acceptors (Lipinski definition) is 1. The minimum absolute atomic E-state index is 0.336. The zero-order valence-electron chi connectivity index (χ0n) is 9.18. The van der Waals surface area contributed by atoms with Gasteiger partial charge in [0.25, 0.3) is 0 Å². The molecule has 0 atom stereocenters. The Kier molecular flexibility index (Phi) is 4.19. The van der Waals surface area contributed by atoms with Crippen LogP contribution in [0.2, 0.25) is 5.02 Å². The topological polar surface area (TPSA) is 12.0 Å². The first kappa shape index (κ1) is 13.3. The minimum Gasteiger partial charge on any atom is -0.379 e. The molecule has 0 bridgehead atoms. The Morgan fingerprint density at radius 2 is 1.83 bits per heavy atom. The molecule has 0 amide bonds. The van der Waals surface area contributed by atoms with E-state index in [-0.39, 0.29) is 5.82 Å². The Bertz CT molecular complexity index is 575. The van der Waals surface area contributed by atoms with Crippen molar-refractivity contribution in [3.8, 4) is 0 Å². The Hall–Kier alpha value is -1.13. The van der Waals surface area contributed by atoms with Crippen LogP contribution in [-0.2, 0) is 6.54 Å². The second-order valence-electron chi connectivity index (χ2n) is 3.73. The summed E-state index contributed by atoms with van der Waals surface area (Å²) in [6.45, 7) is 0.336. The smallest absolute Gasteiger partial charge is 0.147 e. The molecule has 5 heteroatoms. The van der Waals surface area contributed by atoms with Gasteiger partial charge >= 0.3 is 0 Å². The fourth-order valence-electron chi connectivity index (χ4n) is 1.48. The van der Waals surface area contributed by atoms with Crippen LogP contribution in [0.1, 0.15) is 5.56 Å². The summed E-state index contributed by atoms with van der Waals surface area (Å²) in [7, 11) is 0. The third kappa shape index (κ3) is 3.21. The molecule has 1 N–H and O–H groups in total. The Balaban J connectivity index is 2.09. The highest BCUT2D eigenvalue weighted by Gasteiger charge is 2.04. The molecule has 0 unspecified atom stereocenters. The molecule has 0 spiro atoms. The summed E-state index contributed by atoms with van der Waals surface area (Å²) in [5.41, 5.74) is 1.06. The van der Waals surface area contributed by atoms with Crippen LogP contribution in [0.3, 0.4) is 0 Å². The highest BCUT2D eigenvalue weighted by molar-refractivity contribution is 9.10. The molecular formula is C13H9BrClF2N. The predicted octanol–water partition coefficient (Wildman–Crippen LogP) is 4.99. The summed E-state index contributed by atoms with van der Waals surface area (Å²) >= 11 is 8.72. The second-order valence-corrected chi connectivity index (χ2v) is 5.02. The zero-order chi connectivity index (χ0) is 13.1. The van der Waals surface area contributed by atoms with Gasteiger partial charge in [-0.3, -0.25) is 0 Å². The monoisotopic (exact) mass is 331 g/mol. The molecule has 0 saturated carbocycles. The van der Waals surface area contributed by atoms with Crippen molar-refractivity contribution in [2.45, 2.75) is 6.54 Å². The van der Waals surface area contributed by atoms with Crippen molar-refractivity contribution in [2.75, 3.05) is 5.32 Å². The van der Waals surface area contributed by atoms with E-state index in [1.165, 1.54) is 12.1 Å². The van der Waals surface area contributed by atoms with Crippen LogP contribution in [0.4, 0.5) is 14.5 Å².